The normalized spacial score (nSPS) is 12.0. The van der Waals surface area contributed by atoms with Crippen molar-refractivity contribution in [3.63, 3.8) is 0 Å². The number of rotatable bonds is 5. The molecule has 1 atom stereocenters. The van der Waals surface area contributed by atoms with Gasteiger partial charge in [-0.25, -0.2) is 0 Å². The van der Waals surface area contributed by atoms with Crippen molar-refractivity contribution < 1.29 is 4.79 Å². The molecule has 3 aromatic rings. The Labute approximate surface area is 139 Å². The molecule has 0 spiro atoms. The number of aromatic nitrogens is 3. The van der Waals surface area contributed by atoms with Crippen molar-refractivity contribution in [3.05, 3.63) is 70.8 Å². The molecule has 122 valence electrons. The molecule has 24 heavy (non-hydrogen) atoms. The van der Waals surface area contributed by atoms with Crippen LogP contribution < -0.4 is 10.7 Å². The minimum Gasteiger partial charge on any atom is -0.350 e. The number of carbonyl (C=O) groups excluding carboxylic acids is 1. The highest BCUT2D eigenvalue weighted by atomic mass is 16.1. The van der Waals surface area contributed by atoms with E-state index in [2.05, 4.69) is 15.4 Å². The van der Waals surface area contributed by atoms with E-state index in [9.17, 15) is 9.59 Å². The molecule has 0 saturated carbocycles. The molecule has 6 heteroatoms. The molecule has 6 nitrogen and oxygen atoms in total. The molecule has 0 saturated heterocycles. The van der Waals surface area contributed by atoms with Gasteiger partial charge in [-0.2, -0.15) is 5.10 Å². The van der Waals surface area contributed by atoms with Crippen LogP contribution in [0, 0.1) is 0 Å². The number of benzene rings is 1. The molecule has 0 bridgehead atoms. The van der Waals surface area contributed by atoms with Gasteiger partial charge >= 0.3 is 0 Å². The van der Waals surface area contributed by atoms with Gasteiger partial charge in [0.2, 0.25) is 11.3 Å². The smallest absolute Gasteiger partial charge is 0.222 e. The molecule has 3 rings (SSSR count). The van der Waals surface area contributed by atoms with Crippen LogP contribution in [0.3, 0.4) is 0 Å². The van der Waals surface area contributed by atoms with E-state index in [0.717, 1.165) is 11.1 Å². The molecular formula is C18H18N4O2. The van der Waals surface area contributed by atoms with Crippen molar-refractivity contribution >= 4 is 16.8 Å². The SMILES string of the molecule is CC(NC(=O)CCn1ncc(=O)c2ccccc21)c1ccncc1. The van der Waals surface area contributed by atoms with Gasteiger partial charge in [0.05, 0.1) is 24.3 Å². The van der Waals surface area contributed by atoms with Crippen LogP contribution in [-0.4, -0.2) is 20.7 Å². The molecule has 0 radical (unpaired) electrons. The Balaban J connectivity index is 1.67. The third kappa shape index (κ3) is 3.48. The van der Waals surface area contributed by atoms with Crippen LogP contribution in [0.5, 0.6) is 0 Å². The molecule has 0 aliphatic heterocycles. The summed E-state index contributed by atoms with van der Waals surface area (Å²) < 4.78 is 1.69. The Bertz CT molecular complexity index is 906. The summed E-state index contributed by atoms with van der Waals surface area (Å²) in [6, 6.07) is 10.9. The zero-order valence-electron chi connectivity index (χ0n) is 13.3. The topological polar surface area (TPSA) is 76.9 Å². The van der Waals surface area contributed by atoms with E-state index in [1.807, 2.05) is 37.3 Å². The first kappa shape index (κ1) is 15.9. The average molecular weight is 322 g/mol. The third-order valence-corrected chi connectivity index (χ3v) is 3.90. The quantitative estimate of drug-likeness (QED) is 0.780. The first-order valence-corrected chi connectivity index (χ1v) is 7.79. The molecule has 0 aliphatic carbocycles. The first-order chi connectivity index (χ1) is 11.6. The lowest BCUT2D eigenvalue weighted by Crippen LogP contribution is -2.28. The summed E-state index contributed by atoms with van der Waals surface area (Å²) in [4.78, 5) is 28.0. The standard InChI is InChI=1S/C18H18N4O2/c1-13(14-6-9-19-10-7-14)21-18(24)8-11-22-16-5-3-2-4-15(16)17(23)12-20-22/h2-7,9-10,12-13H,8,11H2,1H3,(H,21,24). The van der Waals surface area contributed by atoms with Gasteiger partial charge in [0.1, 0.15) is 0 Å². The summed E-state index contributed by atoms with van der Waals surface area (Å²) in [5.41, 5.74) is 1.63. The summed E-state index contributed by atoms with van der Waals surface area (Å²) in [5, 5.41) is 7.70. The van der Waals surface area contributed by atoms with E-state index < -0.39 is 0 Å². The predicted molar refractivity (Wildman–Crippen MR) is 91.4 cm³/mol. The maximum atomic E-state index is 12.2. The highest BCUT2D eigenvalue weighted by Crippen LogP contribution is 2.11. The Hall–Kier alpha value is -3.02. The molecule has 1 amide bonds. The van der Waals surface area contributed by atoms with E-state index in [1.54, 1.807) is 23.1 Å². The number of nitrogens with one attached hydrogen (secondary N) is 1. The van der Waals surface area contributed by atoms with Crippen molar-refractivity contribution in [2.75, 3.05) is 0 Å². The minimum absolute atomic E-state index is 0.0658. The Morgan fingerprint density at radius 3 is 2.75 bits per heavy atom. The second-order valence-corrected chi connectivity index (χ2v) is 5.57. The van der Waals surface area contributed by atoms with Crippen molar-refractivity contribution in [2.24, 2.45) is 0 Å². The minimum atomic E-state index is -0.113. The Morgan fingerprint density at radius 1 is 1.21 bits per heavy atom. The van der Waals surface area contributed by atoms with Gasteiger partial charge in [0, 0.05) is 24.2 Å². The number of amides is 1. The van der Waals surface area contributed by atoms with Crippen molar-refractivity contribution in [1.29, 1.82) is 0 Å². The predicted octanol–water partition coefficient (Wildman–Crippen LogP) is 2.06. The number of pyridine rings is 1. The van der Waals surface area contributed by atoms with Crippen LogP contribution in [0.4, 0.5) is 0 Å². The van der Waals surface area contributed by atoms with E-state index in [4.69, 9.17) is 0 Å². The highest BCUT2D eigenvalue weighted by Gasteiger charge is 2.10. The van der Waals surface area contributed by atoms with Crippen LogP contribution in [0.1, 0.15) is 24.9 Å². The van der Waals surface area contributed by atoms with Gasteiger partial charge in [-0.3, -0.25) is 19.3 Å². The van der Waals surface area contributed by atoms with E-state index >= 15 is 0 Å². The van der Waals surface area contributed by atoms with Crippen LogP contribution in [0.2, 0.25) is 0 Å². The monoisotopic (exact) mass is 322 g/mol. The second-order valence-electron chi connectivity index (χ2n) is 5.57. The molecule has 0 fully saturated rings. The lowest BCUT2D eigenvalue weighted by Gasteiger charge is -2.14. The van der Waals surface area contributed by atoms with Crippen LogP contribution in [0.15, 0.2) is 59.8 Å². The maximum Gasteiger partial charge on any atom is 0.222 e. The first-order valence-electron chi connectivity index (χ1n) is 7.79. The molecule has 0 aliphatic rings. The number of hydrogen-bond donors (Lipinski definition) is 1. The van der Waals surface area contributed by atoms with Gasteiger partial charge in [-0.15, -0.1) is 0 Å². The number of aryl methyl sites for hydroxylation is 1. The summed E-state index contributed by atoms with van der Waals surface area (Å²) >= 11 is 0. The van der Waals surface area contributed by atoms with E-state index in [0.29, 0.717) is 11.9 Å². The zero-order chi connectivity index (χ0) is 16.9. The number of carbonyl (C=O) groups is 1. The zero-order valence-corrected chi connectivity index (χ0v) is 13.3. The van der Waals surface area contributed by atoms with Crippen molar-refractivity contribution in [2.45, 2.75) is 25.9 Å². The Kier molecular flexibility index (Phi) is 4.65. The number of hydrogen-bond acceptors (Lipinski definition) is 4. The largest absolute Gasteiger partial charge is 0.350 e. The van der Waals surface area contributed by atoms with Gasteiger partial charge < -0.3 is 5.32 Å². The van der Waals surface area contributed by atoms with Crippen LogP contribution >= 0.6 is 0 Å². The van der Waals surface area contributed by atoms with Crippen LogP contribution in [0.25, 0.3) is 10.9 Å². The van der Waals surface area contributed by atoms with E-state index in [-0.39, 0.29) is 23.8 Å². The van der Waals surface area contributed by atoms with Crippen molar-refractivity contribution in [1.82, 2.24) is 20.1 Å². The summed E-state index contributed by atoms with van der Waals surface area (Å²) in [6.45, 7) is 2.34. The highest BCUT2D eigenvalue weighted by molar-refractivity contribution is 5.79. The summed E-state index contributed by atoms with van der Waals surface area (Å²) in [6.07, 6.45) is 4.98. The molecule has 1 aromatic carbocycles. The van der Waals surface area contributed by atoms with Gasteiger partial charge in [0.15, 0.2) is 0 Å². The molecule has 1 N–H and O–H groups in total. The number of fused-ring (bicyclic) bond motifs is 1. The third-order valence-electron chi connectivity index (χ3n) is 3.90. The fourth-order valence-corrected chi connectivity index (χ4v) is 2.60. The van der Waals surface area contributed by atoms with Gasteiger partial charge in [-0.1, -0.05) is 12.1 Å². The van der Waals surface area contributed by atoms with Crippen LogP contribution in [-0.2, 0) is 11.3 Å². The molecule has 1 unspecified atom stereocenters. The maximum absolute atomic E-state index is 12.2. The fraction of sp³-hybridized carbons (Fsp3) is 0.222. The number of para-hydroxylation sites is 1. The lowest BCUT2D eigenvalue weighted by atomic mass is 10.1. The summed E-state index contributed by atoms with van der Waals surface area (Å²) in [7, 11) is 0. The van der Waals surface area contributed by atoms with E-state index in [1.165, 1.54) is 6.20 Å². The molecule has 2 aromatic heterocycles. The Morgan fingerprint density at radius 2 is 1.96 bits per heavy atom. The molecule has 2 heterocycles. The average Bonchev–Trinajstić information content (AvgIpc) is 2.62. The fourth-order valence-electron chi connectivity index (χ4n) is 2.60. The summed E-state index contributed by atoms with van der Waals surface area (Å²) in [5.74, 6) is -0.0658. The lowest BCUT2D eigenvalue weighted by molar-refractivity contribution is -0.122. The molecular weight excluding hydrogens is 304 g/mol. The van der Waals surface area contributed by atoms with Gasteiger partial charge in [0.25, 0.3) is 0 Å². The second kappa shape index (κ2) is 7.04. The number of nitrogens with zero attached hydrogens (tertiary/aromatic N) is 3. The van der Waals surface area contributed by atoms with Crippen molar-refractivity contribution in [3.8, 4) is 0 Å². The van der Waals surface area contributed by atoms with Gasteiger partial charge in [-0.05, 0) is 36.8 Å².